The van der Waals surface area contributed by atoms with Crippen LogP contribution in [0.1, 0.15) is 34.2 Å². The summed E-state index contributed by atoms with van der Waals surface area (Å²) >= 11 is 0. The lowest BCUT2D eigenvalue weighted by molar-refractivity contribution is -0.386. The predicted octanol–water partition coefficient (Wildman–Crippen LogP) is 3.08. The van der Waals surface area contributed by atoms with E-state index in [4.69, 9.17) is 4.74 Å². The Balaban J connectivity index is 1.59. The first kappa shape index (κ1) is 24.7. The van der Waals surface area contributed by atoms with Crippen LogP contribution in [0.2, 0.25) is 0 Å². The zero-order valence-electron chi connectivity index (χ0n) is 18.9. The lowest BCUT2D eigenvalue weighted by atomic mass is 10.1. The molecule has 0 aliphatic rings. The number of hydrogen-bond acceptors (Lipinski definition) is 9. The molecule has 2 aromatic carbocycles. The molecular weight excluding hydrogens is 460 g/mol. The number of aryl methyl sites for hydroxylation is 1. The second kappa shape index (κ2) is 10.3. The van der Waals surface area contributed by atoms with E-state index in [1.54, 1.807) is 19.1 Å². The van der Waals surface area contributed by atoms with Crippen molar-refractivity contribution in [1.82, 2.24) is 15.2 Å². The van der Waals surface area contributed by atoms with Crippen LogP contribution in [-0.4, -0.2) is 37.2 Å². The molecular formula is C22H20N6O7. The van der Waals surface area contributed by atoms with Gasteiger partial charge in [0.2, 0.25) is 0 Å². The summed E-state index contributed by atoms with van der Waals surface area (Å²) in [6.07, 6.45) is 0. The van der Waals surface area contributed by atoms with E-state index in [-0.39, 0.29) is 40.6 Å². The van der Waals surface area contributed by atoms with E-state index < -0.39 is 21.7 Å². The number of esters is 1. The Labute approximate surface area is 198 Å². The first-order valence-electron chi connectivity index (χ1n) is 10.2. The summed E-state index contributed by atoms with van der Waals surface area (Å²) in [5.41, 5.74) is 3.86. The largest absolute Gasteiger partial charge is 0.423 e. The summed E-state index contributed by atoms with van der Waals surface area (Å²) in [6, 6.07) is 11.4. The van der Waals surface area contributed by atoms with Crippen LogP contribution in [0.15, 0.2) is 53.6 Å². The first-order valence-corrected chi connectivity index (χ1v) is 10.2. The number of hydrogen-bond donors (Lipinski definition) is 1. The van der Waals surface area contributed by atoms with Gasteiger partial charge in [0, 0.05) is 12.1 Å². The van der Waals surface area contributed by atoms with Gasteiger partial charge in [0.15, 0.2) is 0 Å². The Bertz CT molecular complexity index is 1330. The standard InChI is InChI=1S/C22H20N6O7/c1-13(23-24-20(29)12-26-15(3)21(28(33)34)14(2)25-26)16-6-10-19(11-7-16)35-22(30)17-4-8-18(9-5-17)27(31)32/h4-11H,12H2,1-3H3,(H,24,29)/b23-13+. The van der Waals surface area contributed by atoms with E-state index in [0.29, 0.717) is 11.3 Å². The number of carbonyl (C=O) groups is 2. The Morgan fingerprint density at radius 3 is 2.14 bits per heavy atom. The number of nitro benzene ring substituents is 1. The third kappa shape index (κ3) is 5.90. The number of benzene rings is 2. The zero-order chi connectivity index (χ0) is 25.7. The highest BCUT2D eigenvalue weighted by atomic mass is 16.6. The van der Waals surface area contributed by atoms with Gasteiger partial charge in [-0.15, -0.1) is 0 Å². The fraction of sp³-hybridized carbons (Fsp3) is 0.182. The second-order valence-corrected chi connectivity index (χ2v) is 7.38. The summed E-state index contributed by atoms with van der Waals surface area (Å²) in [5.74, 6) is -0.937. The molecule has 1 aromatic heterocycles. The molecule has 0 aliphatic carbocycles. The number of nitrogens with one attached hydrogen (secondary N) is 1. The Hall–Kier alpha value is -4.94. The lowest BCUT2D eigenvalue weighted by Gasteiger charge is -2.07. The maximum Gasteiger partial charge on any atom is 0.343 e. The molecule has 0 saturated carbocycles. The van der Waals surface area contributed by atoms with Crippen molar-refractivity contribution in [3.8, 4) is 5.75 Å². The lowest BCUT2D eigenvalue weighted by Crippen LogP contribution is -2.25. The molecule has 0 aliphatic heterocycles. The van der Waals surface area contributed by atoms with Crippen molar-refractivity contribution >= 4 is 29.0 Å². The molecule has 3 rings (SSSR count). The third-order valence-corrected chi connectivity index (χ3v) is 4.96. The Morgan fingerprint density at radius 2 is 1.60 bits per heavy atom. The maximum atomic E-state index is 12.2. The summed E-state index contributed by atoms with van der Waals surface area (Å²) in [4.78, 5) is 45.1. The number of carbonyl (C=O) groups excluding carboxylic acids is 2. The van der Waals surface area contributed by atoms with Gasteiger partial charge in [0.1, 0.15) is 23.7 Å². The summed E-state index contributed by atoms with van der Waals surface area (Å²) < 4.78 is 6.50. The molecule has 180 valence electrons. The topological polar surface area (TPSA) is 172 Å². The minimum Gasteiger partial charge on any atom is -0.423 e. The molecule has 0 spiro atoms. The van der Waals surface area contributed by atoms with Gasteiger partial charge in [-0.05, 0) is 62.7 Å². The SMILES string of the molecule is C/C(=N\NC(=O)Cn1nc(C)c([N+](=O)[O-])c1C)c1ccc(OC(=O)c2ccc([N+](=O)[O-])cc2)cc1. The average Bonchev–Trinajstić information content (AvgIpc) is 3.10. The molecule has 0 saturated heterocycles. The van der Waals surface area contributed by atoms with Crippen LogP contribution < -0.4 is 10.2 Å². The second-order valence-electron chi connectivity index (χ2n) is 7.38. The van der Waals surface area contributed by atoms with Crippen LogP contribution >= 0.6 is 0 Å². The number of aromatic nitrogens is 2. The first-order chi connectivity index (χ1) is 16.6. The van der Waals surface area contributed by atoms with Crippen LogP contribution in [0, 0.1) is 34.1 Å². The smallest absolute Gasteiger partial charge is 0.343 e. The van der Waals surface area contributed by atoms with Crippen molar-refractivity contribution in [3.05, 3.63) is 91.3 Å². The summed E-state index contributed by atoms with van der Waals surface area (Å²) in [5, 5.41) is 29.8. The molecule has 3 aromatic rings. The molecule has 35 heavy (non-hydrogen) atoms. The summed E-state index contributed by atoms with van der Waals surface area (Å²) in [6.45, 7) is 4.42. The van der Waals surface area contributed by atoms with Gasteiger partial charge < -0.3 is 4.74 Å². The van der Waals surface area contributed by atoms with E-state index in [1.807, 2.05) is 0 Å². The average molecular weight is 480 g/mol. The summed E-state index contributed by atoms with van der Waals surface area (Å²) in [7, 11) is 0. The van der Waals surface area contributed by atoms with E-state index in [0.717, 1.165) is 0 Å². The van der Waals surface area contributed by atoms with E-state index in [9.17, 15) is 29.8 Å². The number of nitrogens with zero attached hydrogens (tertiary/aromatic N) is 5. The van der Waals surface area contributed by atoms with Crippen LogP contribution in [0.5, 0.6) is 5.75 Å². The highest BCUT2D eigenvalue weighted by molar-refractivity contribution is 5.99. The molecule has 13 heteroatoms. The minimum atomic E-state index is -0.672. The predicted molar refractivity (Wildman–Crippen MR) is 123 cm³/mol. The number of rotatable bonds is 8. The molecule has 1 amide bonds. The normalized spacial score (nSPS) is 11.1. The van der Waals surface area contributed by atoms with Gasteiger partial charge in [-0.1, -0.05) is 0 Å². The van der Waals surface area contributed by atoms with Crippen molar-refractivity contribution in [2.75, 3.05) is 0 Å². The van der Waals surface area contributed by atoms with Gasteiger partial charge in [-0.2, -0.15) is 10.2 Å². The van der Waals surface area contributed by atoms with Gasteiger partial charge in [-0.3, -0.25) is 29.7 Å². The van der Waals surface area contributed by atoms with E-state index in [1.165, 1.54) is 54.9 Å². The van der Waals surface area contributed by atoms with E-state index >= 15 is 0 Å². The number of nitro groups is 2. The van der Waals surface area contributed by atoms with Gasteiger partial charge in [-0.25, -0.2) is 10.2 Å². The van der Waals surface area contributed by atoms with Crippen LogP contribution in [0.3, 0.4) is 0 Å². The quantitative estimate of drug-likeness (QED) is 0.168. The molecule has 13 nitrogen and oxygen atoms in total. The highest BCUT2D eigenvalue weighted by Crippen LogP contribution is 2.21. The van der Waals surface area contributed by atoms with Gasteiger partial charge >= 0.3 is 11.7 Å². The van der Waals surface area contributed by atoms with Crippen LogP contribution in [0.4, 0.5) is 11.4 Å². The Morgan fingerprint density at radius 1 is 1.00 bits per heavy atom. The van der Waals surface area contributed by atoms with Crippen LogP contribution in [0.25, 0.3) is 0 Å². The van der Waals surface area contributed by atoms with Crippen LogP contribution in [-0.2, 0) is 11.3 Å². The van der Waals surface area contributed by atoms with Gasteiger partial charge in [0.25, 0.3) is 11.6 Å². The molecule has 0 unspecified atom stereocenters. The minimum absolute atomic E-state index is 0.133. The highest BCUT2D eigenvalue weighted by Gasteiger charge is 2.22. The van der Waals surface area contributed by atoms with Crippen molar-refractivity contribution in [1.29, 1.82) is 0 Å². The zero-order valence-corrected chi connectivity index (χ0v) is 18.9. The molecule has 0 radical (unpaired) electrons. The third-order valence-electron chi connectivity index (χ3n) is 4.96. The molecule has 0 fully saturated rings. The molecule has 0 bridgehead atoms. The van der Waals surface area contributed by atoms with Crippen molar-refractivity contribution < 1.29 is 24.2 Å². The van der Waals surface area contributed by atoms with Crippen molar-refractivity contribution in [2.24, 2.45) is 5.10 Å². The molecule has 1 N–H and O–H groups in total. The monoisotopic (exact) mass is 480 g/mol. The van der Waals surface area contributed by atoms with Crippen molar-refractivity contribution in [2.45, 2.75) is 27.3 Å². The fourth-order valence-corrected chi connectivity index (χ4v) is 3.14. The van der Waals surface area contributed by atoms with E-state index in [2.05, 4.69) is 15.6 Å². The number of non-ortho nitro benzene ring substituents is 1. The number of amides is 1. The van der Waals surface area contributed by atoms with Crippen molar-refractivity contribution in [3.63, 3.8) is 0 Å². The maximum absolute atomic E-state index is 12.2. The number of ether oxygens (including phenoxy) is 1. The molecule has 0 atom stereocenters. The fourth-order valence-electron chi connectivity index (χ4n) is 3.14. The Kier molecular flexibility index (Phi) is 7.29. The number of hydrazone groups is 1. The molecule has 1 heterocycles. The van der Waals surface area contributed by atoms with Gasteiger partial charge in [0.05, 0.1) is 21.1 Å².